The largest absolute Gasteiger partial charge is 0.311 e. The van der Waals surface area contributed by atoms with Crippen molar-refractivity contribution in [3.05, 3.63) is 0 Å². The van der Waals surface area contributed by atoms with E-state index in [1.807, 2.05) is 0 Å². The van der Waals surface area contributed by atoms with Crippen LogP contribution in [0.1, 0.15) is 27.2 Å². The molecule has 0 amide bonds. The summed E-state index contributed by atoms with van der Waals surface area (Å²) in [5.41, 5.74) is 0. The zero-order chi connectivity index (χ0) is 12.1. The van der Waals surface area contributed by atoms with E-state index in [1.54, 1.807) is 0 Å². The summed E-state index contributed by atoms with van der Waals surface area (Å²) in [5.74, 6) is 0.794. The molecule has 0 aromatic heterocycles. The maximum absolute atomic E-state index is 3.60. The minimum absolute atomic E-state index is 0.644. The van der Waals surface area contributed by atoms with Crippen molar-refractivity contribution in [3.63, 3.8) is 0 Å². The van der Waals surface area contributed by atoms with Crippen LogP contribution >= 0.6 is 0 Å². The van der Waals surface area contributed by atoms with Crippen LogP contribution in [0.25, 0.3) is 0 Å². The Bertz CT molecular complexity index is 192. The average Bonchev–Trinajstić information content (AvgIpc) is 2.17. The highest BCUT2D eigenvalue weighted by molar-refractivity contribution is 4.84. The van der Waals surface area contributed by atoms with Gasteiger partial charge in [0, 0.05) is 38.3 Å². The van der Waals surface area contributed by atoms with E-state index in [1.165, 1.54) is 26.1 Å². The Morgan fingerprint density at radius 1 is 1.38 bits per heavy atom. The van der Waals surface area contributed by atoms with Crippen molar-refractivity contribution in [2.75, 3.05) is 40.3 Å². The van der Waals surface area contributed by atoms with Crippen LogP contribution in [0.3, 0.4) is 0 Å². The maximum atomic E-state index is 3.60. The van der Waals surface area contributed by atoms with Crippen LogP contribution in [0, 0.1) is 5.92 Å². The van der Waals surface area contributed by atoms with Gasteiger partial charge in [0.2, 0.25) is 0 Å². The Labute approximate surface area is 101 Å². The fourth-order valence-corrected chi connectivity index (χ4v) is 2.41. The lowest BCUT2D eigenvalue weighted by atomic mass is 9.99. The van der Waals surface area contributed by atoms with Crippen molar-refractivity contribution in [2.45, 2.75) is 39.3 Å². The smallest absolute Gasteiger partial charge is 0.0224 e. The summed E-state index contributed by atoms with van der Waals surface area (Å²) in [6, 6.07) is 1.38. The second kappa shape index (κ2) is 6.58. The molecule has 0 bridgehead atoms. The second-order valence-electron chi connectivity index (χ2n) is 5.89. The molecular formula is C13H29N3. The van der Waals surface area contributed by atoms with E-state index in [-0.39, 0.29) is 0 Å². The summed E-state index contributed by atoms with van der Waals surface area (Å²) in [6.07, 6.45) is 1.31. The molecule has 3 heteroatoms. The number of piperazine rings is 1. The van der Waals surface area contributed by atoms with Crippen molar-refractivity contribution in [1.82, 2.24) is 15.1 Å². The molecule has 1 saturated heterocycles. The third-order valence-corrected chi connectivity index (χ3v) is 3.30. The molecule has 0 aliphatic carbocycles. The van der Waals surface area contributed by atoms with Gasteiger partial charge in [0.05, 0.1) is 0 Å². The molecule has 0 aromatic carbocycles. The Morgan fingerprint density at radius 2 is 2.06 bits per heavy atom. The fraction of sp³-hybridized carbons (Fsp3) is 1.00. The average molecular weight is 227 g/mol. The first-order chi connectivity index (χ1) is 7.49. The van der Waals surface area contributed by atoms with Crippen molar-refractivity contribution in [1.29, 1.82) is 0 Å². The van der Waals surface area contributed by atoms with E-state index in [0.29, 0.717) is 6.04 Å². The molecule has 0 saturated carbocycles. The molecule has 1 heterocycles. The van der Waals surface area contributed by atoms with Crippen LogP contribution in [-0.4, -0.2) is 62.2 Å². The van der Waals surface area contributed by atoms with Gasteiger partial charge in [-0.2, -0.15) is 0 Å². The van der Waals surface area contributed by atoms with Crippen molar-refractivity contribution in [2.24, 2.45) is 5.92 Å². The summed E-state index contributed by atoms with van der Waals surface area (Å²) < 4.78 is 0. The molecule has 16 heavy (non-hydrogen) atoms. The molecule has 2 atom stereocenters. The zero-order valence-corrected chi connectivity index (χ0v) is 11.7. The maximum Gasteiger partial charge on any atom is 0.0224 e. The lowest BCUT2D eigenvalue weighted by Crippen LogP contribution is -2.56. The quantitative estimate of drug-likeness (QED) is 0.763. The van der Waals surface area contributed by atoms with Crippen LogP contribution in [0.15, 0.2) is 0 Å². The predicted octanol–water partition coefficient (Wildman–Crippen LogP) is 1.26. The first kappa shape index (κ1) is 13.9. The summed E-state index contributed by atoms with van der Waals surface area (Å²) in [4.78, 5) is 4.94. The standard InChI is InChI=1S/C13H29N3/c1-11(2)8-13-9-14-12(3)10-16(13)7-6-15(4)5/h11-14H,6-10H2,1-5H3. The monoisotopic (exact) mass is 227 g/mol. The molecule has 96 valence electrons. The molecule has 2 unspecified atom stereocenters. The molecule has 1 aliphatic rings. The number of nitrogens with zero attached hydrogens (tertiary/aromatic N) is 2. The van der Waals surface area contributed by atoms with Gasteiger partial charge < -0.3 is 10.2 Å². The first-order valence-corrected chi connectivity index (χ1v) is 6.61. The minimum atomic E-state index is 0.644. The van der Waals surface area contributed by atoms with E-state index in [4.69, 9.17) is 0 Å². The highest BCUT2D eigenvalue weighted by Crippen LogP contribution is 2.15. The molecule has 1 N–H and O–H groups in total. The molecule has 1 rings (SSSR count). The normalized spacial score (nSPS) is 27.9. The Morgan fingerprint density at radius 3 is 2.62 bits per heavy atom. The van der Waals surface area contributed by atoms with Crippen molar-refractivity contribution < 1.29 is 0 Å². The molecule has 0 aromatic rings. The number of nitrogens with one attached hydrogen (secondary N) is 1. The fourth-order valence-electron chi connectivity index (χ4n) is 2.41. The summed E-state index contributed by atoms with van der Waals surface area (Å²) in [5, 5.41) is 3.60. The zero-order valence-electron chi connectivity index (χ0n) is 11.7. The van der Waals surface area contributed by atoms with Gasteiger partial charge in [-0.3, -0.25) is 4.90 Å². The van der Waals surface area contributed by atoms with Gasteiger partial charge in [0.15, 0.2) is 0 Å². The van der Waals surface area contributed by atoms with Crippen LogP contribution in [-0.2, 0) is 0 Å². The first-order valence-electron chi connectivity index (χ1n) is 6.61. The number of hydrogen-bond donors (Lipinski definition) is 1. The summed E-state index contributed by atoms with van der Waals surface area (Å²) in [6.45, 7) is 11.7. The van der Waals surface area contributed by atoms with Gasteiger partial charge in [0.25, 0.3) is 0 Å². The number of hydrogen-bond acceptors (Lipinski definition) is 3. The molecule has 1 fully saturated rings. The van der Waals surface area contributed by atoms with E-state index in [2.05, 4.69) is 50.0 Å². The highest BCUT2D eigenvalue weighted by Gasteiger charge is 2.25. The van der Waals surface area contributed by atoms with E-state index in [0.717, 1.165) is 18.5 Å². The molecule has 0 spiro atoms. The van der Waals surface area contributed by atoms with E-state index in [9.17, 15) is 0 Å². The second-order valence-corrected chi connectivity index (χ2v) is 5.89. The minimum Gasteiger partial charge on any atom is -0.311 e. The highest BCUT2D eigenvalue weighted by atomic mass is 15.2. The van der Waals surface area contributed by atoms with Crippen LogP contribution in [0.4, 0.5) is 0 Å². The number of likely N-dealkylation sites (N-methyl/N-ethyl adjacent to an activating group) is 1. The van der Waals surface area contributed by atoms with Gasteiger partial charge in [-0.15, -0.1) is 0 Å². The molecule has 1 aliphatic heterocycles. The SMILES string of the molecule is CC(C)CC1CNC(C)CN1CCN(C)C. The van der Waals surface area contributed by atoms with E-state index < -0.39 is 0 Å². The van der Waals surface area contributed by atoms with Crippen molar-refractivity contribution >= 4 is 0 Å². The van der Waals surface area contributed by atoms with Crippen molar-refractivity contribution in [3.8, 4) is 0 Å². The lowest BCUT2D eigenvalue weighted by Gasteiger charge is -2.40. The van der Waals surface area contributed by atoms with Gasteiger partial charge in [0.1, 0.15) is 0 Å². The Balaban J connectivity index is 2.44. The van der Waals surface area contributed by atoms with Gasteiger partial charge in [-0.1, -0.05) is 13.8 Å². The third-order valence-electron chi connectivity index (χ3n) is 3.30. The van der Waals surface area contributed by atoms with Crippen LogP contribution in [0.5, 0.6) is 0 Å². The summed E-state index contributed by atoms with van der Waals surface area (Å²) in [7, 11) is 4.31. The topological polar surface area (TPSA) is 18.5 Å². The Kier molecular flexibility index (Phi) is 5.73. The Hall–Kier alpha value is -0.120. The summed E-state index contributed by atoms with van der Waals surface area (Å²) >= 11 is 0. The predicted molar refractivity (Wildman–Crippen MR) is 70.8 cm³/mol. The molecular weight excluding hydrogens is 198 g/mol. The van der Waals surface area contributed by atoms with Crippen LogP contribution < -0.4 is 5.32 Å². The van der Waals surface area contributed by atoms with E-state index >= 15 is 0 Å². The van der Waals surface area contributed by atoms with Crippen LogP contribution in [0.2, 0.25) is 0 Å². The number of rotatable bonds is 5. The molecule has 0 radical (unpaired) electrons. The lowest BCUT2D eigenvalue weighted by molar-refractivity contribution is 0.110. The molecule has 3 nitrogen and oxygen atoms in total. The van der Waals surface area contributed by atoms with Gasteiger partial charge >= 0.3 is 0 Å². The van der Waals surface area contributed by atoms with Gasteiger partial charge in [-0.05, 0) is 33.4 Å². The third kappa shape index (κ3) is 4.81. The van der Waals surface area contributed by atoms with Gasteiger partial charge in [-0.25, -0.2) is 0 Å².